The van der Waals surface area contributed by atoms with Gasteiger partial charge in [0.1, 0.15) is 5.82 Å². The number of amides is 1. The molecule has 1 N–H and O–H groups in total. The van der Waals surface area contributed by atoms with Gasteiger partial charge >= 0.3 is 0 Å². The molecule has 1 amide bonds. The van der Waals surface area contributed by atoms with E-state index in [4.69, 9.17) is 11.6 Å². The lowest BCUT2D eigenvalue weighted by molar-refractivity contribution is -0.115. The second-order valence-corrected chi connectivity index (χ2v) is 4.96. The van der Waals surface area contributed by atoms with Gasteiger partial charge in [0.25, 0.3) is 0 Å². The molecule has 0 fully saturated rings. The Labute approximate surface area is 119 Å². The third kappa shape index (κ3) is 2.18. The number of carbonyl (C=O) groups is 2. The van der Waals surface area contributed by atoms with Gasteiger partial charge in [-0.2, -0.15) is 0 Å². The first-order valence-corrected chi connectivity index (χ1v) is 6.35. The highest BCUT2D eigenvalue weighted by Gasteiger charge is 2.20. The number of nitrogens with one attached hydrogen (secondary N) is 1. The number of halogens is 2. The molecule has 5 heteroatoms. The third-order valence-corrected chi connectivity index (χ3v) is 3.48. The number of ketones is 1. The highest BCUT2D eigenvalue weighted by Crippen LogP contribution is 2.26. The van der Waals surface area contributed by atoms with Crippen molar-refractivity contribution in [1.82, 2.24) is 0 Å². The Kier molecular flexibility index (Phi) is 3.03. The van der Waals surface area contributed by atoms with Crippen LogP contribution in [-0.4, -0.2) is 11.7 Å². The molecule has 0 bridgehead atoms. The number of fused-ring (bicyclic) bond motifs is 1. The van der Waals surface area contributed by atoms with Gasteiger partial charge in [-0.15, -0.1) is 0 Å². The second-order valence-electron chi connectivity index (χ2n) is 4.55. The molecule has 0 spiro atoms. The Bertz CT molecular complexity index is 743. The van der Waals surface area contributed by atoms with E-state index in [0.29, 0.717) is 5.56 Å². The Morgan fingerprint density at radius 2 is 2.00 bits per heavy atom. The fourth-order valence-corrected chi connectivity index (χ4v) is 2.45. The number of rotatable bonds is 2. The monoisotopic (exact) mass is 289 g/mol. The molecule has 0 saturated heterocycles. The van der Waals surface area contributed by atoms with Crippen LogP contribution in [0.2, 0.25) is 5.02 Å². The maximum Gasteiger partial charge on any atom is 0.228 e. The fraction of sp³-hybridized carbons (Fsp3) is 0.0667. The van der Waals surface area contributed by atoms with Crippen LogP contribution in [0.4, 0.5) is 10.1 Å². The zero-order valence-corrected chi connectivity index (χ0v) is 11.0. The SMILES string of the molecule is O=C1Cc2cc(C(=O)c3ccc(F)cc3Cl)ccc2N1. The van der Waals surface area contributed by atoms with Crippen molar-refractivity contribution >= 4 is 29.0 Å². The van der Waals surface area contributed by atoms with Crippen LogP contribution in [0.1, 0.15) is 21.5 Å². The van der Waals surface area contributed by atoms with Gasteiger partial charge in [0.15, 0.2) is 5.78 Å². The molecule has 3 nitrogen and oxygen atoms in total. The van der Waals surface area contributed by atoms with Crippen molar-refractivity contribution < 1.29 is 14.0 Å². The van der Waals surface area contributed by atoms with E-state index in [1.165, 1.54) is 12.1 Å². The number of benzene rings is 2. The predicted octanol–water partition coefficient (Wildman–Crippen LogP) is 3.20. The quantitative estimate of drug-likeness (QED) is 0.863. The standard InChI is InChI=1S/C15H9ClFNO2/c16-12-7-10(17)2-3-11(12)15(20)8-1-4-13-9(5-8)6-14(19)18-13/h1-5,7H,6H2,(H,18,19). The van der Waals surface area contributed by atoms with E-state index in [1.54, 1.807) is 18.2 Å². The van der Waals surface area contributed by atoms with E-state index in [9.17, 15) is 14.0 Å². The van der Waals surface area contributed by atoms with E-state index < -0.39 is 5.82 Å². The van der Waals surface area contributed by atoms with Gasteiger partial charge in [-0.1, -0.05) is 11.6 Å². The van der Waals surface area contributed by atoms with E-state index in [2.05, 4.69) is 5.32 Å². The van der Waals surface area contributed by atoms with Crippen LogP contribution in [0, 0.1) is 5.82 Å². The molecule has 0 atom stereocenters. The molecule has 2 aromatic rings. The summed E-state index contributed by atoms with van der Waals surface area (Å²) in [5.74, 6) is -0.878. The minimum Gasteiger partial charge on any atom is -0.326 e. The summed E-state index contributed by atoms with van der Waals surface area (Å²) in [5.41, 5.74) is 2.16. The minimum absolute atomic E-state index is 0.0738. The molecule has 0 unspecified atom stereocenters. The van der Waals surface area contributed by atoms with Crippen molar-refractivity contribution in [1.29, 1.82) is 0 Å². The van der Waals surface area contributed by atoms with Crippen molar-refractivity contribution in [2.75, 3.05) is 5.32 Å². The Hall–Kier alpha value is -2.20. The van der Waals surface area contributed by atoms with Crippen LogP contribution >= 0.6 is 11.6 Å². The first kappa shape index (κ1) is 12.8. The molecule has 3 rings (SSSR count). The molecule has 2 aromatic carbocycles. The van der Waals surface area contributed by atoms with Crippen LogP contribution < -0.4 is 5.32 Å². The van der Waals surface area contributed by atoms with Crippen molar-refractivity contribution in [3.05, 3.63) is 63.9 Å². The van der Waals surface area contributed by atoms with Crippen molar-refractivity contribution in [2.45, 2.75) is 6.42 Å². The van der Waals surface area contributed by atoms with Crippen LogP contribution in [0.15, 0.2) is 36.4 Å². The molecule has 1 aliphatic heterocycles. The zero-order chi connectivity index (χ0) is 14.3. The normalized spacial score (nSPS) is 13.0. The Morgan fingerprint density at radius 3 is 2.75 bits per heavy atom. The largest absolute Gasteiger partial charge is 0.326 e. The topological polar surface area (TPSA) is 46.2 Å². The Morgan fingerprint density at radius 1 is 1.20 bits per heavy atom. The van der Waals surface area contributed by atoms with Crippen LogP contribution in [0.25, 0.3) is 0 Å². The third-order valence-electron chi connectivity index (χ3n) is 3.17. The smallest absolute Gasteiger partial charge is 0.228 e. The highest BCUT2D eigenvalue weighted by atomic mass is 35.5. The number of carbonyl (C=O) groups excluding carboxylic acids is 2. The lowest BCUT2D eigenvalue weighted by Crippen LogP contribution is -2.03. The van der Waals surface area contributed by atoms with Crippen LogP contribution in [0.5, 0.6) is 0 Å². The molecule has 100 valence electrons. The number of hydrogen-bond donors (Lipinski definition) is 1. The van der Waals surface area contributed by atoms with Gasteiger partial charge in [-0.25, -0.2) is 4.39 Å². The van der Waals surface area contributed by atoms with Crippen LogP contribution in [0.3, 0.4) is 0 Å². The molecular formula is C15H9ClFNO2. The first-order chi connectivity index (χ1) is 9.54. The van der Waals surface area contributed by atoms with Crippen LogP contribution in [-0.2, 0) is 11.2 Å². The molecule has 1 heterocycles. The van der Waals surface area contributed by atoms with E-state index in [-0.39, 0.29) is 28.7 Å². The summed E-state index contributed by atoms with van der Waals surface area (Å²) in [6, 6.07) is 8.62. The summed E-state index contributed by atoms with van der Waals surface area (Å²) in [6.07, 6.45) is 0.258. The van der Waals surface area contributed by atoms with Crippen molar-refractivity contribution in [2.24, 2.45) is 0 Å². The molecule has 0 saturated carbocycles. The summed E-state index contributed by atoms with van der Waals surface area (Å²) in [6.45, 7) is 0. The van der Waals surface area contributed by atoms with Gasteiger partial charge < -0.3 is 5.32 Å². The first-order valence-electron chi connectivity index (χ1n) is 5.97. The molecule has 0 radical (unpaired) electrons. The summed E-state index contributed by atoms with van der Waals surface area (Å²) in [5, 5.41) is 2.77. The zero-order valence-electron chi connectivity index (χ0n) is 10.2. The average Bonchev–Trinajstić information content (AvgIpc) is 2.77. The molecule has 0 aliphatic carbocycles. The number of anilines is 1. The maximum atomic E-state index is 13.0. The lowest BCUT2D eigenvalue weighted by Gasteiger charge is -2.05. The minimum atomic E-state index is -0.490. The highest BCUT2D eigenvalue weighted by molar-refractivity contribution is 6.35. The Balaban J connectivity index is 1.99. The maximum absolute atomic E-state index is 13.0. The van der Waals surface area contributed by atoms with Gasteiger partial charge in [0.2, 0.25) is 5.91 Å². The summed E-state index contributed by atoms with van der Waals surface area (Å²) >= 11 is 5.89. The summed E-state index contributed by atoms with van der Waals surface area (Å²) in [4.78, 5) is 23.6. The molecule has 0 aromatic heterocycles. The molecular weight excluding hydrogens is 281 g/mol. The van der Waals surface area contributed by atoms with E-state index in [0.717, 1.165) is 17.3 Å². The average molecular weight is 290 g/mol. The summed E-state index contributed by atoms with van der Waals surface area (Å²) < 4.78 is 13.0. The van der Waals surface area contributed by atoms with Gasteiger partial charge in [-0.3, -0.25) is 9.59 Å². The fourth-order valence-electron chi connectivity index (χ4n) is 2.20. The molecule has 20 heavy (non-hydrogen) atoms. The second kappa shape index (κ2) is 4.72. The summed E-state index contributed by atoms with van der Waals surface area (Å²) in [7, 11) is 0. The van der Waals surface area contributed by atoms with Gasteiger partial charge in [-0.05, 0) is 42.0 Å². The van der Waals surface area contributed by atoms with E-state index in [1.807, 2.05) is 0 Å². The van der Waals surface area contributed by atoms with Gasteiger partial charge in [0.05, 0.1) is 11.4 Å². The molecule has 1 aliphatic rings. The van der Waals surface area contributed by atoms with Crippen molar-refractivity contribution in [3.8, 4) is 0 Å². The van der Waals surface area contributed by atoms with E-state index >= 15 is 0 Å². The predicted molar refractivity (Wildman–Crippen MR) is 73.6 cm³/mol. The lowest BCUT2D eigenvalue weighted by atomic mass is 10.00. The van der Waals surface area contributed by atoms with Gasteiger partial charge in [0, 0.05) is 16.8 Å². The van der Waals surface area contributed by atoms with Crippen molar-refractivity contribution in [3.63, 3.8) is 0 Å². The number of hydrogen-bond acceptors (Lipinski definition) is 2.